The maximum Gasteiger partial charge on any atom is 0.353 e. The summed E-state index contributed by atoms with van der Waals surface area (Å²) < 4.78 is 5.43. The molecule has 0 aromatic carbocycles. The van der Waals surface area contributed by atoms with Crippen LogP contribution < -0.4 is 15.7 Å². The number of carbonyl (C=O) groups is 3. The number of thioether (sulfide) groups is 1. The second kappa shape index (κ2) is 8.51. The Bertz CT molecular complexity index is 1180. The lowest BCUT2D eigenvalue weighted by atomic mass is 9.86. The van der Waals surface area contributed by atoms with Gasteiger partial charge in [0.05, 0.1) is 12.2 Å². The van der Waals surface area contributed by atoms with Gasteiger partial charge in [0.1, 0.15) is 11.7 Å². The molecule has 1 unspecified atom stereocenters. The highest BCUT2D eigenvalue weighted by molar-refractivity contribution is 8.03. The number of aryl methyl sites for hydroxylation is 1. The lowest BCUT2D eigenvalue weighted by Crippen LogP contribution is -2.72. The largest absolute Gasteiger partial charge is 0.477 e. The molecule has 5 N–H and O–H groups in total. The number of amides is 2. The Morgan fingerprint density at radius 3 is 2.88 bits per heavy atom. The van der Waals surface area contributed by atoms with Crippen LogP contribution in [0.5, 0.6) is 0 Å². The van der Waals surface area contributed by atoms with E-state index >= 15 is 0 Å². The van der Waals surface area contributed by atoms with Crippen LogP contribution in [0.3, 0.4) is 0 Å². The molecule has 1 saturated heterocycles. The van der Waals surface area contributed by atoms with E-state index in [0.29, 0.717) is 17.7 Å². The summed E-state index contributed by atoms with van der Waals surface area (Å²) in [5.41, 5.74) is 4.88. The fraction of sp³-hybridized carbons (Fsp3) is 0.294. The van der Waals surface area contributed by atoms with Gasteiger partial charge < -0.3 is 21.4 Å². The molecule has 1 fully saturated rings. The quantitative estimate of drug-likeness (QED) is 0.133. The van der Waals surface area contributed by atoms with Gasteiger partial charge in [-0.3, -0.25) is 14.5 Å². The van der Waals surface area contributed by atoms with Gasteiger partial charge in [0.2, 0.25) is 11.5 Å². The summed E-state index contributed by atoms with van der Waals surface area (Å²) in [7, 11) is 1.74. The number of nitrogens with two attached hydrogens (primary N) is 1. The molecule has 0 bridgehead atoms. The molecule has 0 aliphatic carbocycles. The molecule has 2 aromatic heterocycles. The number of nitrogens with zero attached hydrogens (tertiary/aromatic N) is 6. The van der Waals surface area contributed by atoms with Crippen molar-refractivity contribution in [3.63, 3.8) is 0 Å². The van der Waals surface area contributed by atoms with E-state index in [1.807, 2.05) is 0 Å². The molecule has 4 rings (SSSR count). The van der Waals surface area contributed by atoms with Crippen LogP contribution in [0.1, 0.15) is 18.7 Å². The van der Waals surface area contributed by atoms with Crippen molar-refractivity contribution in [1.82, 2.24) is 24.7 Å². The second-order valence-electron chi connectivity index (χ2n) is 6.83. The van der Waals surface area contributed by atoms with Crippen LogP contribution in [0.25, 0.3) is 0 Å². The molecule has 0 radical (unpaired) electrons. The fourth-order valence-corrected chi connectivity index (χ4v) is 5.03. The number of hydrogen-bond donors (Lipinski definition) is 4. The normalized spacial score (nSPS) is 20.6. The number of aromatic nitrogens is 4. The van der Waals surface area contributed by atoms with Crippen molar-refractivity contribution in [3.05, 3.63) is 34.8 Å². The summed E-state index contributed by atoms with van der Waals surface area (Å²) in [5.74, 6) is -2.85. The van der Waals surface area contributed by atoms with Crippen molar-refractivity contribution in [3.8, 4) is 0 Å². The monoisotopic (exact) mass is 477 g/mol. The summed E-state index contributed by atoms with van der Waals surface area (Å²) in [6.45, 7) is 0. The summed E-state index contributed by atoms with van der Waals surface area (Å²) in [6, 6.07) is 2.02. The third-order valence-corrected chi connectivity index (χ3v) is 6.76. The Labute approximate surface area is 188 Å². The highest BCUT2D eigenvalue weighted by Gasteiger charge is 2.54. The Balaban J connectivity index is 1.54. The molecule has 2 aliphatic rings. The first-order chi connectivity index (χ1) is 15.3. The zero-order chi connectivity index (χ0) is 23.0. The predicted octanol–water partition coefficient (Wildman–Crippen LogP) is -0.904. The number of anilines is 1. The standard InChI is InChI=1S/C17H16N8O5S2/c1-24-9(3-2-6-19-24)31-8-5-4-7-10(15(27)25(7)12(8)16(28)29)20-14(26)11(22-30)13-21-17(18)32-23-13/h2-3,6-7,10H,4-5H2,1H3,(H4-,18,20,21,23,26,28,29,30)/p+1/t7?,10-/m0/s1. The minimum Gasteiger partial charge on any atom is -0.477 e. The van der Waals surface area contributed by atoms with Crippen molar-refractivity contribution in [2.45, 2.75) is 30.0 Å². The Morgan fingerprint density at radius 2 is 2.25 bits per heavy atom. The van der Waals surface area contributed by atoms with Crippen LogP contribution in [0.15, 0.2) is 39.1 Å². The first-order valence-corrected chi connectivity index (χ1v) is 10.8. The summed E-state index contributed by atoms with van der Waals surface area (Å²) in [6.07, 6.45) is 2.44. The van der Waals surface area contributed by atoms with E-state index in [-0.39, 0.29) is 16.7 Å². The van der Waals surface area contributed by atoms with Crippen molar-refractivity contribution < 1.29 is 29.4 Å². The summed E-state index contributed by atoms with van der Waals surface area (Å²) >= 11 is 2.05. The number of hydrogen-bond acceptors (Lipinski definition) is 11. The van der Waals surface area contributed by atoms with E-state index in [1.165, 1.54) is 16.7 Å². The molecule has 32 heavy (non-hydrogen) atoms. The van der Waals surface area contributed by atoms with E-state index in [4.69, 9.17) is 5.73 Å². The smallest absolute Gasteiger partial charge is 0.353 e. The van der Waals surface area contributed by atoms with E-state index in [1.54, 1.807) is 30.1 Å². The maximum atomic E-state index is 12.8. The molecule has 2 aromatic rings. The molecule has 166 valence electrons. The molecule has 2 atom stereocenters. The summed E-state index contributed by atoms with van der Waals surface area (Å²) in [4.78, 5) is 42.8. The maximum absolute atomic E-state index is 12.8. The predicted molar refractivity (Wildman–Crippen MR) is 110 cm³/mol. The van der Waals surface area contributed by atoms with Gasteiger partial charge >= 0.3 is 5.97 Å². The van der Waals surface area contributed by atoms with Gasteiger partial charge in [0, 0.05) is 22.5 Å². The summed E-state index contributed by atoms with van der Waals surface area (Å²) in [5, 5.41) is 29.3. The SMILES string of the molecule is C[n+]1ncccc1SC1=C(C(=O)O)N2C(=O)[C@@H](NC(=O)/C(=N\O)c3nsc(N)n3)C2CC1. The molecular formula is C17H17N8O5S2+. The van der Waals surface area contributed by atoms with Crippen molar-refractivity contribution in [2.75, 3.05) is 5.73 Å². The topological polar surface area (TPSA) is 188 Å². The minimum absolute atomic E-state index is 0.0791. The molecule has 13 nitrogen and oxygen atoms in total. The average Bonchev–Trinajstić information content (AvgIpc) is 3.19. The number of oxime groups is 1. The van der Waals surface area contributed by atoms with E-state index in [2.05, 4.69) is 24.9 Å². The number of β-lactam (4-membered cyclic amide) rings is 1. The fourth-order valence-electron chi connectivity index (χ4n) is 3.52. The minimum atomic E-state index is -1.23. The van der Waals surface area contributed by atoms with E-state index in [0.717, 1.165) is 16.6 Å². The van der Waals surface area contributed by atoms with Gasteiger partial charge in [-0.05, 0) is 35.8 Å². The first kappa shape index (κ1) is 21.6. The van der Waals surface area contributed by atoms with Crippen molar-refractivity contribution in [2.24, 2.45) is 12.2 Å². The van der Waals surface area contributed by atoms with Crippen LogP contribution in [0.2, 0.25) is 0 Å². The van der Waals surface area contributed by atoms with Crippen LogP contribution in [-0.4, -0.2) is 65.2 Å². The third-order valence-electron chi connectivity index (χ3n) is 4.96. The molecule has 4 heterocycles. The average molecular weight is 478 g/mol. The van der Waals surface area contributed by atoms with Gasteiger partial charge in [-0.25, -0.2) is 4.79 Å². The van der Waals surface area contributed by atoms with Crippen LogP contribution >= 0.6 is 23.3 Å². The number of nitrogen functional groups attached to an aromatic ring is 1. The van der Waals surface area contributed by atoms with Crippen molar-refractivity contribution >= 4 is 51.9 Å². The van der Waals surface area contributed by atoms with Gasteiger partial charge in [-0.2, -0.15) is 9.36 Å². The van der Waals surface area contributed by atoms with Gasteiger partial charge in [0.15, 0.2) is 12.2 Å². The number of fused-ring (bicyclic) bond motifs is 1. The number of carboxylic acids is 1. The Hall–Kier alpha value is -3.59. The van der Waals surface area contributed by atoms with E-state index < -0.39 is 35.6 Å². The van der Waals surface area contributed by atoms with Crippen LogP contribution in [-0.2, 0) is 21.4 Å². The number of carbonyl (C=O) groups excluding carboxylic acids is 2. The molecule has 15 heteroatoms. The van der Waals surface area contributed by atoms with Crippen LogP contribution in [0, 0.1) is 0 Å². The van der Waals surface area contributed by atoms with Gasteiger partial charge in [-0.1, -0.05) is 9.84 Å². The highest BCUT2D eigenvalue weighted by Crippen LogP contribution is 2.42. The molecule has 0 spiro atoms. The third kappa shape index (κ3) is 3.75. The number of nitrogens with one attached hydrogen (secondary N) is 1. The molecule has 0 saturated carbocycles. The van der Waals surface area contributed by atoms with E-state index in [9.17, 15) is 24.7 Å². The van der Waals surface area contributed by atoms with Crippen LogP contribution in [0.4, 0.5) is 5.13 Å². The highest BCUT2D eigenvalue weighted by atomic mass is 32.2. The Kier molecular flexibility index (Phi) is 5.75. The van der Waals surface area contributed by atoms with Gasteiger partial charge in [-0.15, -0.1) is 0 Å². The zero-order valence-electron chi connectivity index (χ0n) is 16.5. The molecule has 2 amide bonds. The van der Waals surface area contributed by atoms with Crippen molar-refractivity contribution in [1.29, 1.82) is 0 Å². The lowest BCUT2D eigenvalue weighted by Gasteiger charge is -2.49. The number of aliphatic carboxylic acids is 1. The first-order valence-electron chi connectivity index (χ1n) is 9.23. The number of allylic oxidation sites excluding steroid dienone is 1. The molecular weight excluding hydrogens is 460 g/mol. The molecule has 2 aliphatic heterocycles. The second-order valence-corrected chi connectivity index (χ2v) is 8.73. The number of rotatable bonds is 6. The zero-order valence-corrected chi connectivity index (χ0v) is 18.1. The number of carboxylic acid groups (broad SMARTS) is 1. The van der Waals surface area contributed by atoms with Gasteiger partial charge in [0.25, 0.3) is 16.8 Å². The Morgan fingerprint density at radius 1 is 1.47 bits per heavy atom. The lowest BCUT2D eigenvalue weighted by molar-refractivity contribution is -0.765.